The van der Waals surface area contributed by atoms with Crippen molar-refractivity contribution in [3.63, 3.8) is 0 Å². The van der Waals surface area contributed by atoms with E-state index < -0.39 is 10.0 Å². The van der Waals surface area contributed by atoms with Crippen LogP contribution in [-0.2, 0) is 14.8 Å². The zero-order valence-electron chi connectivity index (χ0n) is 15.8. The highest BCUT2D eigenvalue weighted by Gasteiger charge is 2.27. The van der Waals surface area contributed by atoms with Crippen molar-refractivity contribution in [1.29, 1.82) is 0 Å². The van der Waals surface area contributed by atoms with Crippen molar-refractivity contribution in [2.75, 3.05) is 26.7 Å². The van der Waals surface area contributed by atoms with Crippen LogP contribution in [0.1, 0.15) is 43.0 Å². The summed E-state index contributed by atoms with van der Waals surface area (Å²) in [4.78, 5) is 25.5. The van der Waals surface area contributed by atoms with Crippen molar-refractivity contribution in [3.8, 4) is 0 Å². The largest absolute Gasteiger partial charge is 0.338 e. The first-order chi connectivity index (χ1) is 12.3. The summed E-state index contributed by atoms with van der Waals surface area (Å²) >= 11 is 0. The zero-order chi connectivity index (χ0) is 19.3. The number of likely N-dealkylation sites (tertiary alicyclic amines) is 1. The molecule has 1 fully saturated rings. The molecule has 27 heavy (non-hydrogen) atoms. The highest BCUT2D eigenvalue weighted by molar-refractivity contribution is 7.89. The second-order valence-corrected chi connectivity index (χ2v) is 8.67. The number of benzene rings is 1. The Morgan fingerprint density at radius 3 is 2.44 bits per heavy atom. The van der Waals surface area contributed by atoms with Crippen molar-refractivity contribution in [2.24, 2.45) is 5.73 Å². The zero-order valence-corrected chi connectivity index (χ0v) is 17.4. The summed E-state index contributed by atoms with van der Waals surface area (Å²) in [7, 11) is -2.14. The fourth-order valence-electron chi connectivity index (χ4n) is 3.17. The quantitative estimate of drug-likeness (QED) is 0.648. The molecule has 0 aliphatic carbocycles. The Hall–Kier alpha value is -1.48. The number of halogens is 1. The molecule has 2 rings (SSSR count). The van der Waals surface area contributed by atoms with Gasteiger partial charge in [-0.15, -0.1) is 12.4 Å². The van der Waals surface area contributed by atoms with Gasteiger partial charge in [0, 0.05) is 44.7 Å². The maximum absolute atomic E-state index is 12.6. The van der Waals surface area contributed by atoms with E-state index in [2.05, 4.69) is 0 Å². The van der Waals surface area contributed by atoms with Gasteiger partial charge in [0.2, 0.25) is 15.9 Å². The number of amides is 1. The summed E-state index contributed by atoms with van der Waals surface area (Å²) in [5.74, 6) is -0.0759. The molecule has 0 radical (unpaired) electrons. The molecule has 2 N–H and O–H groups in total. The Kier molecular flexibility index (Phi) is 8.87. The van der Waals surface area contributed by atoms with Crippen molar-refractivity contribution in [2.45, 2.75) is 43.5 Å². The number of sulfonamides is 1. The van der Waals surface area contributed by atoms with Crippen LogP contribution in [0.25, 0.3) is 0 Å². The Morgan fingerprint density at radius 1 is 1.26 bits per heavy atom. The standard InChI is InChI=1S/C18H27N3O4S.ClH/c1-14(22)15-7-9-17(10-8-15)26(24,25)20(2)11-4-6-18(23)21-12-3-5-16(21)13-19;/h7-10,16H,3-6,11-13,19H2,1-2H3;1H. The van der Waals surface area contributed by atoms with E-state index in [1.807, 2.05) is 4.90 Å². The lowest BCUT2D eigenvalue weighted by Gasteiger charge is -2.24. The first-order valence-electron chi connectivity index (χ1n) is 8.84. The molecule has 0 spiro atoms. The first-order valence-corrected chi connectivity index (χ1v) is 10.3. The van der Waals surface area contributed by atoms with E-state index in [1.54, 1.807) is 0 Å². The molecule has 1 unspecified atom stereocenters. The second kappa shape index (κ2) is 10.2. The van der Waals surface area contributed by atoms with Gasteiger partial charge in [-0.1, -0.05) is 12.1 Å². The number of rotatable bonds is 8. The van der Waals surface area contributed by atoms with Crippen molar-refractivity contribution in [1.82, 2.24) is 9.21 Å². The Balaban J connectivity index is 0.00000364. The molecule has 7 nitrogen and oxygen atoms in total. The van der Waals surface area contributed by atoms with Crippen LogP contribution in [-0.4, -0.2) is 62.0 Å². The van der Waals surface area contributed by atoms with Crippen LogP contribution >= 0.6 is 12.4 Å². The maximum Gasteiger partial charge on any atom is 0.242 e. The molecule has 0 saturated carbocycles. The number of hydrogen-bond acceptors (Lipinski definition) is 5. The average Bonchev–Trinajstić information content (AvgIpc) is 3.10. The third kappa shape index (κ3) is 5.75. The van der Waals surface area contributed by atoms with Crippen molar-refractivity contribution in [3.05, 3.63) is 29.8 Å². The highest BCUT2D eigenvalue weighted by atomic mass is 35.5. The van der Waals surface area contributed by atoms with Crippen LogP contribution in [0.3, 0.4) is 0 Å². The maximum atomic E-state index is 12.6. The van der Waals surface area contributed by atoms with E-state index in [0.29, 0.717) is 24.9 Å². The highest BCUT2D eigenvalue weighted by Crippen LogP contribution is 2.19. The minimum absolute atomic E-state index is 0. The lowest BCUT2D eigenvalue weighted by atomic mass is 10.2. The monoisotopic (exact) mass is 417 g/mol. The number of hydrogen-bond donors (Lipinski definition) is 1. The topological polar surface area (TPSA) is 101 Å². The van der Waals surface area contributed by atoms with Crippen LogP contribution in [0, 0.1) is 0 Å². The Bertz CT molecular complexity index is 752. The first kappa shape index (κ1) is 23.6. The lowest BCUT2D eigenvalue weighted by molar-refractivity contribution is -0.132. The lowest BCUT2D eigenvalue weighted by Crippen LogP contribution is -2.40. The molecule has 1 aromatic carbocycles. The predicted octanol–water partition coefficient (Wildman–Crippen LogP) is 1.66. The molecule has 9 heteroatoms. The van der Waals surface area contributed by atoms with Crippen LogP contribution in [0.4, 0.5) is 0 Å². The van der Waals surface area contributed by atoms with Crippen LogP contribution in [0.5, 0.6) is 0 Å². The van der Waals surface area contributed by atoms with Gasteiger partial charge in [-0.25, -0.2) is 12.7 Å². The molecule has 0 bridgehead atoms. The Morgan fingerprint density at radius 2 is 1.89 bits per heavy atom. The van der Waals surface area contributed by atoms with Crippen molar-refractivity contribution < 1.29 is 18.0 Å². The second-order valence-electron chi connectivity index (χ2n) is 6.63. The molecule has 152 valence electrons. The fourth-order valence-corrected chi connectivity index (χ4v) is 4.38. The van der Waals surface area contributed by atoms with Gasteiger partial charge in [-0.3, -0.25) is 9.59 Å². The minimum Gasteiger partial charge on any atom is -0.338 e. The van der Waals surface area contributed by atoms with Crippen LogP contribution in [0.15, 0.2) is 29.2 Å². The molecule has 1 aliphatic rings. The Labute approximate surface area is 167 Å². The molecular formula is C18H28ClN3O4S. The number of ketones is 1. The van der Waals surface area contributed by atoms with E-state index in [1.165, 1.54) is 42.5 Å². The molecular weight excluding hydrogens is 390 g/mol. The summed E-state index contributed by atoms with van der Waals surface area (Å²) in [5.41, 5.74) is 6.16. The molecule has 1 heterocycles. The molecule has 1 amide bonds. The predicted molar refractivity (Wildman–Crippen MR) is 107 cm³/mol. The fraction of sp³-hybridized carbons (Fsp3) is 0.556. The van der Waals surface area contributed by atoms with Gasteiger partial charge >= 0.3 is 0 Å². The number of carbonyl (C=O) groups excluding carboxylic acids is 2. The normalized spacial score (nSPS) is 17.0. The molecule has 1 saturated heterocycles. The van der Waals surface area contributed by atoms with E-state index in [-0.39, 0.29) is 41.6 Å². The van der Waals surface area contributed by atoms with Crippen LogP contribution < -0.4 is 5.73 Å². The van der Waals surface area contributed by atoms with Gasteiger partial charge in [0.15, 0.2) is 5.78 Å². The summed E-state index contributed by atoms with van der Waals surface area (Å²) in [6, 6.07) is 6.00. The van der Waals surface area contributed by atoms with Crippen molar-refractivity contribution >= 4 is 34.1 Å². The van der Waals surface area contributed by atoms with Gasteiger partial charge < -0.3 is 10.6 Å². The minimum atomic E-state index is -3.64. The smallest absolute Gasteiger partial charge is 0.242 e. The van der Waals surface area contributed by atoms with Gasteiger partial charge in [0.25, 0.3) is 0 Å². The number of nitrogens with two attached hydrogens (primary N) is 1. The SMILES string of the molecule is CC(=O)c1ccc(S(=O)(=O)N(C)CCCC(=O)N2CCCC2CN)cc1.Cl. The summed E-state index contributed by atoms with van der Waals surface area (Å²) < 4.78 is 26.4. The molecule has 1 aliphatic heterocycles. The molecule has 0 aromatic heterocycles. The molecule has 1 aromatic rings. The summed E-state index contributed by atoms with van der Waals surface area (Å²) in [6.45, 7) is 2.89. The van der Waals surface area contributed by atoms with E-state index in [4.69, 9.17) is 5.73 Å². The van der Waals surface area contributed by atoms with Crippen LogP contribution in [0.2, 0.25) is 0 Å². The van der Waals surface area contributed by atoms with Gasteiger partial charge in [-0.05, 0) is 38.3 Å². The van der Waals surface area contributed by atoms with Gasteiger partial charge in [-0.2, -0.15) is 0 Å². The molecule has 1 atom stereocenters. The number of nitrogens with zero attached hydrogens (tertiary/aromatic N) is 2. The summed E-state index contributed by atoms with van der Waals surface area (Å²) in [5, 5.41) is 0. The number of Topliss-reactive ketones (excluding diaryl/α,β-unsaturated/α-hetero) is 1. The number of carbonyl (C=O) groups is 2. The van der Waals surface area contributed by atoms with Gasteiger partial charge in [0.1, 0.15) is 0 Å². The third-order valence-electron chi connectivity index (χ3n) is 4.80. The van der Waals surface area contributed by atoms with E-state index in [9.17, 15) is 18.0 Å². The van der Waals surface area contributed by atoms with E-state index >= 15 is 0 Å². The van der Waals surface area contributed by atoms with Gasteiger partial charge in [0.05, 0.1) is 4.90 Å². The third-order valence-corrected chi connectivity index (χ3v) is 6.67. The van der Waals surface area contributed by atoms with E-state index in [0.717, 1.165) is 19.4 Å². The summed E-state index contributed by atoms with van der Waals surface area (Å²) in [6.07, 6.45) is 2.67. The average molecular weight is 418 g/mol.